The Hall–Kier alpha value is -0.710. The summed E-state index contributed by atoms with van der Waals surface area (Å²) in [6.45, 7) is 0.418. The number of unbranched alkanes of at least 4 members (excludes halogenated alkanes) is 4. The highest BCUT2D eigenvalue weighted by Gasteiger charge is 2.91. The molecule has 0 aliphatic heterocycles. The van der Waals surface area contributed by atoms with E-state index in [2.05, 4.69) is 0 Å². The number of halogens is 14. The minimum Gasteiger partial charge on any atom is -0.355 e. The maximum Gasteiger partial charge on any atom is 0.460 e. The fourth-order valence-corrected chi connectivity index (χ4v) is 2.90. The van der Waals surface area contributed by atoms with Crippen LogP contribution >= 0.6 is 22.6 Å². The van der Waals surface area contributed by atoms with Crippen LogP contribution in [0.1, 0.15) is 45.4 Å². The molecular weight excluding hydrogens is 596 g/mol. The maximum absolute atomic E-state index is 13.9. The fraction of sp³-hybridized carbons (Fsp3) is 0.938. The lowest BCUT2D eigenvalue weighted by atomic mass is 9.92. The molecule has 0 aliphatic carbocycles. The molecule has 0 aromatic rings. The van der Waals surface area contributed by atoms with E-state index in [1.165, 1.54) is 0 Å². The van der Waals surface area contributed by atoms with Crippen LogP contribution < -0.4 is 5.32 Å². The summed E-state index contributed by atoms with van der Waals surface area (Å²) in [7, 11) is 0. The van der Waals surface area contributed by atoms with Gasteiger partial charge in [-0.25, -0.2) is 0 Å². The number of amides is 1. The van der Waals surface area contributed by atoms with E-state index >= 15 is 0 Å². The van der Waals surface area contributed by atoms with Crippen molar-refractivity contribution in [1.29, 1.82) is 0 Å². The maximum atomic E-state index is 13.9. The van der Waals surface area contributed by atoms with Gasteiger partial charge in [-0.05, 0) is 6.42 Å². The Morgan fingerprint density at radius 3 is 1.59 bits per heavy atom. The van der Waals surface area contributed by atoms with Gasteiger partial charge >= 0.3 is 35.8 Å². The lowest BCUT2D eigenvalue weighted by Crippen LogP contribution is -2.71. The highest BCUT2D eigenvalue weighted by Crippen LogP contribution is 2.61. The van der Waals surface area contributed by atoms with Crippen molar-refractivity contribution in [2.24, 2.45) is 0 Å². The molecule has 0 radical (unpaired) electrons. The Kier molecular flexibility index (Phi) is 10.5. The number of hydrogen-bond acceptors (Lipinski definition) is 1. The number of rotatable bonds is 13. The molecule has 1 amide bonds. The summed E-state index contributed by atoms with van der Waals surface area (Å²) in [5.74, 6) is -38.1. The van der Waals surface area contributed by atoms with E-state index in [1.54, 1.807) is 5.32 Å². The molecular formula is C16H19F13INO. The van der Waals surface area contributed by atoms with Gasteiger partial charge in [-0.3, -0.25) is 4.79 Å². The summed E-state index contributed by atoms with van der Waals surface area (Å²) >= 11 is 0.372. The van der Waals surface area contributed by atoms with Crippen LogP contribution in [-0.2, 0) is 4.79 Å². The first-order valence-corrected chi connectivity index (χ1v) is 10.2. The zero-order chi connectivity index (χ0) is 25.8. The molecule has 0 aliphatic rings. The number of carbonyl (C=O) groups is 1. The summed E-state index contributed by atoms with van der Waals surface area (Å²) < 4.78 is 167. The van der Waals surface area contributed by atoms with Crippen LogP contribution in [0.2, 0.25) is 0 Å². The van der Waals surface area contributed by atoms with E-state index in [-0.39, 0.29) is 12.8 Å². The molecule has 0 aromatic carbocycles. The van der Waals surface area contributed by atoms with Crippen molar-refractivity contribution in [3.8, 4) is 0 Å². The van der Waals surface area contributed by atoms with Gasteiger partial charge in [0.1, 0.15) is 0 Å². The lowest BCUT2D eigenvalue weighted by molar-refractivity contribution is -0.439. The molecule has 192 valence electrons. The van der Waals surface area contributed by atoms with Crippen LogP contribution in [0.3, 0.4) is 0 Å². The van der Waals surface area contributed by atoms with Gasteiger partial charge in [0.2, 0.25) is 5.91 Å². The van der Waals surface area contributed by atoms with E-state index in [1.807, 2.05) is 6.92 Å². The third-order valence-corrected chi connectivity index (χ3v) is 5.56. The van der Waals surface area contributed by atoms with Crippen molar-refractivity contribution in [2.75, 3.05) is 6.54 Å². The molecule has 16 heteroatoms. The second-order valence-corrected chi connectivity index (χ2v) is 8.36. The first kappa shape index (κ1) is 31.3. The fourth-order valence-electron chi connectivity index (χ4n) is 2.29. The average molecular weight is 615 g/mol. The molecule has 1 N–H and O–H groups in total. The molecule has 2 nitrogen and oxygen atoms in total. The largest absolute Gasteiger partial charge is 0.460 e. The van der Waals surface area contributed by atoms with Gasteiger partial charge in [0.05, 0.1) is 3.92 Å². The Morgan fingerprint density at radius 1 is 0.719 bits per heavy atom. The van der Waals surface area contributed by atoms with Crippen LogP contribution in [-0.4, -0.2) is 52.2 Å². The van der Waals surface area contributed by atoms with E-state index in [9.17, 15) is 61.9 Å². The van der Waals surface area contributed by atoms with Crippen molar-refractivity contribution < 1.29 is 61.9 Å². The topological polar surface area (TPSA) is 29.1 Å². The zero-order valence-electron chi connectivity index (χ0n) is 16.2. The van der Waals surface area contributed by atoms with E-state index in [0.29, 0.717) is 29.0 Å². The first-order chi connectivity index (χ1) is 14.1. The van der Waals surface area contributed by atoms with Crippen molar-refractivity contribution >= 4 is 28.5 Å². The van der Waals surface area contributed by atoms with Gasteiger partial charge in [0.15, 0.2) is 0 Å². The second kappa shape index (κ2) is 10.7. The third-order valence-electron chi connectivity index (χ3n) is 4.34. The van der Waals surface area contributed by atoms with Crippen LogP contribution in [0.5, 0.6) is 0 Å². The Balaban J connectivity index is 5.47. The molecule has 32 heavy (non-hydrogen) atoms. The SMILES string of the molecule is CCCCCCCC(=O)NCC(I)C(F)(F)C(F)(F)C(F)(F)C(F)(F)C(F)(F)C(F)(F)F. The molecule has 0 saturated carbocycles. The quantitative estimate of drug-likeness (QED) is 0.103. The van der Waals surface area contributed by atoms with Crippen molar-refractivity contribution in [3.05, 3.63) is 0 Å². The van der Waals surface area contributed by atoms with Crippen LogP contribution in [0.4, 0.5) is 57.1 Å². The number of nitrogens with one attached hydrogen (secondary N) is 1. The summed E-state index contributed by atoms with van der Waals surface area (Å²) in [5, 5.41) is 1.68. The molecule has 1 unspecified atom stereocenters. The summed E-state index contributed by atoms with van der Waals surface area (Å²) in [5.41, 5.74) is 0. The highest BCUT2D eigenvalue weighted by molar-refractivity contribution is 14.1. The highest BCUT2D eigenvalue weighted by atomic mass is 127. The molecule has 0 aromatic heterocycles. The normalized spacial score (nSPS) is 15.6. The smallest absolute Gasteiger partial charge is 0.355 e. The summed E-state index contributed by atoms with van der Waals surface area (Å²) in [6, 6.07) is 0. The number of carbonyl (C=O) groups excluding carboxylic acids is 1. The summed E-state index contributed by atoms with van der Waals surface area (Å²) in [4.78, 5) is 11.5. The Bertz CT molecular complexity index is 622. The van der Waals surface area contributed by atoms with E-state index < -0.39 is 52.2 Å². The van der Waals surface area contributed by atoms with Crippen molar-refractivity contribution in [2.45, 2.75) is 85.2 Å². The van der Waals surface area contributed by atoms with Gasteiger partial charge in [-0.2, -0.15) is 57.1 Å². The number of hydrogen-bond donors (Lipinski definition) is 1. The predicted octanol–water partition coefficient (Wildman–Crippen LogP) is 7.01. The lowest BCUT2D eigenvalue weighted by Gasteiger charge is -2.40. The average Bonchev–Trinajstić information content (AvgIpc) is 2.64. The Morgan fingerprint density at radius 2 is 1.16 bits per heavy atom. The monoisotopic (exact) mass is 615 g/mol. The van der Waals surface area contributed by atoms with Crippen molar-refractivity contribution in [1.82, 2.24) is 5.32 Å². The number of alkyl halides is 14. The minimum absolute atomic E-state index is 0.263. The molecule has 0 bridgehead atoms. The van der Waals surface area contributed by atoms with Gasteiger partial charge < -0.3 is 5.32 Å². The van der Waals surface area contributed by atoms with Crippen LogP contribution in [0, 0.1) is 0 Å². The van der Waals surface area contributed by atoms with Crippen LogP contribution in [0.25, 0.3) is 0 Å². The molecule has 1 atom stereocenters. The van der Waals surface area contributed by atoms with Crippen molar-refractivity contribution in [3.63, 3.8) is 0 Å². The second-order valence-electron chi connectivity index (χ2n) is 6.85. The van der Waals surface area contributed by atoms with Crippen LogP contribution in [0.15, 0.2) is 0 Å². The van der Waals surface area contributed by atoms with E-state index in [4.69, 9.17) is 0 Å². The van der Waals surface area contributed by atoms with Gasteiger partial charge in [0, 0.05) is 13.0 Å². The van der Waals surface area contributed by atoms with E-state index in [0.717, 1.165) is 19.3 Å². The molecule has 0 spiro atoms. The Labute approximate surface area is 187 Å². The summed E-state index contributed by atoms with van der Waals surface area (Å²) in [6.07, 6.45) is -4.45. The third kappa shape index (κ3) is 6.04. The van der Waals surface area contributed by atoms with Gasteiger partial charge in [0.25, 0.3) is 0 Å². The first-order valence-electron chi connectivity index (χ1n) is 8.99. The van der Waals surface area contributed by atoms with Gasteiger partial charge in [-0.1, -0.05) is 55.2 Å². The molecule has 0 rings (SSSR count). The predicted molar refractivity (Wildman–Crippen MR) is 95.0 cm³/mol. The zero-order valence-corrected chi connectivity index (χ0v) is 18.4. The molecule has 0 fully saturated rings. The molecule has 0 saturated heterocycles. The standard InChI is InChI=1S/C16H19F13INO/c1-2-3-4-5-6-7-10(32)31-8-9(30)11(17,18)12(19,20)13(21,22)14(23,24)15(25,26)16(27,28)29/h9H,2-8H2,1H3,(H,31,32). The molecule has 0 heterocycles. The minimum atomic E-state index is -7.93. The van der Waals surface area contributed by atoms with Gasteiger partial charge in [-0.15, -0.1) is 0 Å².